The molecule has 0 amide bonds. The van der Waals surface area contributed by atoms with E-state index in [1.54, 1.807) is 0 Å². The number of aliphatic hydroxyl groups is 1. The highest BCUT2D eigenvalue weighted by Gasteiger charge is 2.67. The van der Waals surface area contributed by atoms with Crippen LogP contribution in [-0.4, -0.2) is 27.5 Å². The molecule has 0 aliphatic heterocycles. The molecule has 0 heterocycles. The highest BCUT2D eigenvalue weighted by Crippen LogP contribution is 2.51. The van der Waals surface area contributed by atoms with Crippen LogP contribution in [0.3, 0.4) is 0 Å². The van der Waals surface area contributed by atoms with Gasteiger partial charge in [0.05, 0.1) is 5.92 Å². The molecule has 0 saturated heterocycles. The quantitative estimate of drug-likeness (QED) is 0.659. The van der Waals surface area contributed by atoms with Crippen molar-refractivity contribution >= 4 is 5.78 Å². The Morgan fingerprint density at radius 2 is 2.00 bits per heavy atom. The van der Waals surface area contributed by atoms with Crippen LogP contribution in [0.5, 0.6) is 0 Å². The fourth-order valence-electron chi connectivity index (χ4n) is 3.73. The average molecular weight is 279 g/mol. The van der Waals surface area contributed by atoms with E-state index in [9.17, 15) is 24.4 Å². The molecule has 106 valence electrons. The molecule has 0 unspecified atom stereocenters. The van der Waals surface area contributed by atoms with Gasteiger partial charge in [-0.2, -0.15) is 0 Å². The minimum Gasteiger partial charge on any atom is -0.376 e. The monoisotopic (exact) mass is 279 g/mol. The van der Waals surface area contributed by atoms with E-state index in [0.717, 1.165) is 0 Å². The predicted octanol–water partition coefficient (Wildman–Crippen LogP) is 1.67. The van der Waals surface area contributed by atoms with Crippen molar-refractivity contribution in [3.63, 3.8) is 0 Å². The van der Waals surface area contributed by atoms with Crippen LogP contribution < -0.4 is 0 Å². The van der Waals surface area contributed by atoms with Gasteiger partial charge in [0.15, 0.2) is 11.4 Å². The summed E-state index contributed by atoms with van der Waals surface area (Å²) in [6.07, 6.45) is 1.26. The smallest absolute Gasteiger partial charge is 0.255 e. The van der Waals surface area contributed by atoms with Gasteiger partial charge in [-0.15, -0.1) is 0 Å². The van der Waals surface area contributed by atoms with Crippen molar-refractivity contribution in [1.29, 1.82) is 0 Å². The van der Waals surface area contributed by atoms with Crippen molar-refractivity contribution in [2.45, 2.75) is 36.8 Å². The van der Waals surface area contributed by atoms with Crippen molar-refractivity contribution in [3.05, 3.63) is 45.8 Å². The van der Waals surface area contributed by atoms with Crippen LogP contribution in [0.15, 0.2) is 24.3 Å². The van der Waals surface area contributed by atoms with Crippen LogP contribution in [0.25, 0.3) is 0 Å². The number of rotatable bonds is 2. The third kappa shape index (κ3) is 1.67. The van der Waals surface area contributed by atoms with Gasteiger partial charge in [0, 0.05) is 10.8 Å². The maximum absolute atomic E-state index is 13.0. The topological polar surface area (TPSA) is 80.4 Å². The molecule has 1 aromatic carbocycles. The Morgan fingerprint density at radius 3 is 2.60 bits per heavy atom. The minimum atomic E-state index is -1.87. The van der Waals surface area contributed by atoms with Crippen molar-refractivity contribution in [3.8, 4) is 0 Å². The number of halogens is 1. The van der Waals surface area contributed by atoms with Crippen LogP contribution in [0, 0.1) is 21.8 Å². The third-order valence-corrected chi connectivity index (χ3v) is 4.58. The van der Waals surface area contributed by atoms with E-state index in [1.165, 1.54) is 24.3 Å². The van der Waals surface area contributed by atoms with E-state index in [0.29, 0.717) is 18.4 Å². The van der Waals surface area contributed by atoms with Gasteiger partial charge < -0.3 is 5.11 Å². The number of fused-ring (bicyclic) bond motifs is 2. The lowest BCUT2D eigenvalue weighted by atomic mass is 9.82. The number of ketones is 1. The molecule has 1 aromatic rings. The van der Waals surface area contributed by atoms with Crippen LogP contribution in [-0.2, 0) is 4.79 Å². The third-order valence-electron chi connectivity index (χ3n) is 4.58. The lowest BCUT2D eigenvalue weighted by molar-refractivity contribution is -0.542. The number of hydrogen-bond acceptors (Lipinski definition) is 4. The zero-order valence-electron chi connectivity index (χ0n) is 10.7. The number of carbonyl (C=O) groups is 1. The first-order chi connectivity index (χ1) is 9.45. The molecule has 2 aliphatic carbocycles. The zero-order chi connectivity index (χ0) is 14.5. The summed E-state index contributed by atoms with van der Waals surface area (Å²) in [6, 6.07) is 4.04. The Morgan fingerprint density at radius 1 is 1.35 bits per heavy atom. The Hall–Kier alpha value is -1.82. The Balaban J connectivity index is 2.10. The first-order valence-corrected chi connectivity index (χ1v) is 6.61. The second-order valence-electron chi connectivity index (χ2n) is 5.59. The van der Waals surface area contributed by atoms with E-state index < -0.39 is 40.0 Å². The van der Waals surface area contributed by atoms with Crippen LogP contribution in [0.4, 0.5) is 4.39 Å². The molecule has 0 radical (unpaired) electrons. The van der Waals surface area contributed by atoms with Crippen molar-refractivity contribution in [2.24, 2.45) is 5.92 Å². The molecule has 6 heteroatoms. The Bertz CT molecular complexity index is 573. The summed E-state index contributed by atoms with van der Waals surface area (Å²) in [7, 11) is 0. The number of carbonyl (C=O) groups excluding carboxylic acids is 1. The van der Waals surface area contributed by atoms with Crippen molar-refractivity contribution in [2.75, 3.05) is 0 Å². The maximum atomic E-state index is 13.0. The molecule has 4 atom stereocenters. The zero-order valence-corrected chi connectivity index (χ0v) is 10.7. The fraction of sp³-hybridized carbons (Fsp3) is 0.500. The summed E-state index contributed by atoms with van der Waals surface area (Å²) in [5, 5.41) is 21.8. The lowest BCUT2D eigenvalue weighted by Gasteiger charge is -2.25. The van der Waals surface area contributed by atoms with E-state index in [4.69, 9.17) is 0 Å². The van der Waals surface area contributed by atoms with Gasteiger partial charge in [-0.1, -0.05) is 12.1 Å². The molecule has 1 N–H and O–H groups in total. The average Bonchev–Trinajstić information content (AvgIpc) is 2.54. The van der Waals surface area contributed by atoms with Gasteiger partial charge in [0.1, 0.15) is 5.82 Å². The van der Waals surface area contributed by atoms with E-state index in [1.807, 2.05) is 0 Å². The van der Waals surface area contributed by atoms with Crippen molar-refractivity contribution in [1.82, 2.24) is 0 Å². The molecule has 20 heavy (non-hydrogen) atoms. The summed E-state index contributed by atoms with van der Waals surface area (Å²) < 4.78 is 13.0. The van der Waals surface area contributed by atoms with Crippen LogP contribution in [0.1, 0.15) is 30.7 Å². The standard InChI is InChI=1S/C14H14FNO4/c15-9-5-3-8(4-6-9)11-10-2-1-7-14(18,13(10)17)12(11)16(19)20/h3-6,10-12,18H,1-2,7H2/t10-,11-,12-,14-/m0/s1. The fourth-order valence-corrected chi connectivity index (χ4v) is 3.73. The molecule has 2 saturated carbocycles. The van der Waals surface area contributed by atoms with Gasteiger partial charge in [0.2, 0.25) is 0 Å². The van der Waals surface area contributed by atoms with Gasteiger partial charge in [-0.25, -0.2) is 4.39 Å². The SMILES string of the molecule is O=C1[C@H]2CCC[C@]1(O)[C@@H]([N+](=O)[O-])[C@H]2c1ccc(F)cc1. The Labute approximate surface area is 114 Å². The number of nitrogens with zero attached hydrogens (tertiary/aromatic N) is 1. The van der Waals surface area contributed by atoms with Crippen LogP contribution in [0.2, 0.25) is 0 Å². The van der Waals surface area contributed by atoms with Gasteiger partial charge in [-0.05, 0) is 37.0 Å². The van der Waals surface area contributed by atoms with E-state index >= 15 is 0 Å². The second-order valence-corrected chi connectivity index (χ2v) is 5.59. The second kappa shape index (κ2) is 4.34. The lowest BCUT2D eigenvalue weighted by Crippen LogP contribution is -2.49. The summed E-state index contributed by atoms with van der Waals surface area (Å²) in [5.41, 5.74) is -1.32. The molecule has 2 bridgehead atoms. The van der Waals surface area contributed by atoms with E-state index in [2.05, 4.69) is 0 Å². The summed E-state index contributed by atoms with van der Waals surface area (Å²) in [5.74, 6) is -2.09. The molecule has 5 nitrogen and oxygen atoms in total. The first-order valence-electron chi connectivity index (χ1n) is 6.61. The number of Topliss-reactive ketones (excluding diaryl/α,β-unsaturated/α-hetero) is 1. The molecule has 0 spiro atoms. The number of hydrogen-bond donors (Lipinski definition) is 1. The predicted molar refractivity (Wildman–Crippen MR) is 67.2 cm³/mol. The van der Waals surface area contributed by atoms with E-state index in [-0.39, 0.29) is 6.42 Å². The molecular formula is C14H14FNO4. The normalized spacial score (nSPS) is 36.1. The summed E-state index contributed by atoms with van der Waals surface area (Å²) >= 11 is 0. The molecule has 0 aromatic heterocycles. The highest BCUT2D eigenvalue weighted by molar-refractivity contribution is 5.94. The summed E-state index contributed by atoms with van der Waals surface area (Å²) in [4.78, 5) is 23.1. The van der Waals surface area contributed by atoms with Crippen molar-refractivity contribution < 1.29 is 19.2 Å². The van der Waals surface area contributed by atoms with Gasteiger partial charge in [0.25, 0.3) is 6.04 Å². The molecule has 3 rings (SSSR count). The highest BCUT2D eigenvalue weighted by atomic mass is 19.1. The number of benzene rings is 1. The number of nitro groups is 1. The molecular weight excluding hydrogens is 265 g/mol. The van der Waals surface area contributed by atoms with Gasteiger partial charge in [-0.3, -0.25) is 14.9 Å². The summed E-state index contributed by atoms with van der Waals surface area (Å²) in [6.45, 7) is 0. The van der Waals surface area contributed by atoms with Crippen LogP contribution >= 0.6 is 0 Å². The largest absolute Gasteiger partial charge is 0.376 e. The first kappa shape index (κ1) is 13.2. The Kier molecular flexibility index (Phi) is 2.86. The molecule has 2 fully saturated rings. The molecule has 2 aliphatic rings. The van der Waals surface area contributed by atoms with Gasteiger partial charge >= 0.3 is 0 Å². The maximum Gasteiger partial charge on any atom is 0.255 e. The minimum absolute atomic E-state index is 0.131.